The van der Waals surface area contributed by atoms with Gasteiger partial charge >= 0.3 is 6.03 Å². The number of ether oxygens (including phenoxy) is 1. The molecule has 0 radical (unpaired) electrons. The summed E-state index contributed by atoms with van der Waals surface area (Å²) in [6.45, 7) is 2.47. The maximum absolute atomic E-state index is 12.0. The van der Waals surface area contributed by atoms with E-state index < -0.39 is 6.03 Å². The topological polar surface area (TPSA) is 84.7 Å². The van der Waals surface area contributed by atoms with Crippen molar-refractivity contribution in [2.24, 2.45) is 11.7 Å². The van der Waals surface area contributed by atoms with Gasteiger partial charge in [0.2, 0.25) is 5.91 Å². The Labute approximate surface area is 94.1 Å². The predicted octanol–water partition coefficient (Wildman–Crippen LogP) is -0.708. The van der Waals surface area contributed by atoms with Crippen LogP contribution in [0.4, 0.5) is 4.79 Å². The predicted molar refractivity (Wildman–Crippen MR) is 56.6 cm³/mol. The van der Waals surface area contributed by atoms with Crippen molar-refractivity contribution in [3.05, 3.63) is 0 Å². The minimum absolute atomic E-state index is 0.00349. The molecule has 2 rings (SSSR count). The molecular weight excluding hydrogens is 210 g/mol. The van der Waals surface area contributed by atoms with Gasteiger partial charge in [0.25, 0.3) is 0 Å². The highest BCUT2D eigenvalue weighted by Crippen LogP contribution is 2.19. The number of urea groups is 1. The van der Waals surface area contributed by atoms with Crippen molar-refractivity contribution in [3.8, 4) is 0 Å². The summed E-state index contributed by atoms with van der Waals surface area (Å²) in [5, 5.41) is 2.63. The van der Waals surface area contributed by atoms with Gasteiger partial charge in [-0.1, -0.05) is 0 Å². The van der Waals surface area contributed by atoms with E-state index in [1.54, 1.807) is 4.90 Å². The van der Waals surface area contributed by atoms with Crippen molar-refractivity contribution >= 4 is 11.9 Å². The molecular formula is C10H17N3O3. The molecule has 2 aliphatic rings. The molecule has 0 bridgehead atoms. The smallest absolute Gasteiger partial charge is 0.312 e. The van der Waals surface area contributed by atoms with Gasteiger partial charge in [0, 0.05) is 25.7 Å². The molecule has 2 heterocycles. The van der Waals surface area contributed by atoms with Crippen molar-refractivity contribution < 1.29 is 14.3 Å². The number of nitrogens with one attached hydrogen (secondary N) is 1. The van der Waals surface area contributed by atoms with Crippen LogP contribution in [0.2, 0.25) is 0 Å². The third-order valence-electron chi connectivity index (χ3n) is 3.13. The third-order valence-corrected chi connectivity index (χ3v) is 3.13. The number of likely N-dealkylation sites (tertiary alicyclic amines) is 1. The summed E-state index contributed by atoms with van der Waals surface area (Å²) in [6, 6.07) is -0.521. The lowest BCUT2D eigenvalue weighted by atomic mass is 10.1. The van der Waals surface area contributed by atoms with Crippen LogP contribution in [0.3, 0.4) is 0 Å². The van der Waals surface area contributed by atoms with E-state index >= 15 is 0 Å². The average Bonchev–Trinajstić information content (AvgIpc) is 2.84. The molecule has 0 aromatic rings. The van der Waals surface area contributed by atoms with Crippen molar-refractivity contribution in [2.75, 3.05) is 26.3 Å². The number of carbonyl (C=O) groups excluding carboxylic acids is 2. The first kappa shape index (κ1) is 11.2. The Morgan fingerprint density at radius 2 is 2.19 bits per heavy atom. The summed E-state index contributed by atoms with van der Waals surface area (Å²) >= 11 is 0. The van der Waals surface area contributed by atoms with Crippen LogP contribution < -0.4 is 11.1 Å². The fourth-order valence-electron chi connectivity index (χ4n) is 2.27. The molecule has 90 valence electrons. The van der Waals surface area contributed by atoms with Crippen molar-refractivity contribution in [3.63, 3.8) is 0 Å². The number of nitrogens with zero attached hydrogens (tertiary/aromatic N) is 1. The maximum atomic E-state index is 12.0. The Balaban J connectivity index is 1.83. The first-order valence-electron chi connectivity index (χ1n) is 5.59. The number of amides is 3. The molecule has 2 aliphatic heterocycles. The van der Waals surface area contributed by atoms with Crippen molar-refractivity contribution in [1.82, 2.24) is 10.2 Å². The van der Waals surface area contributed by atoms with Gasteiger partial charge in [0.1, 0.15) is 0 Å². The molecule has 2 atom stereocenters. The summed E-state index contributed by atoms with van der Waals surface area (Å²) in [4.78, 5) is 24.4. The van der Waals surface area contributed by atoms with E-state index in [1.165, 1.54) is 0 Å². The zero-order chi connectivity index (χ0) is 11.5. The van der Waals surface area contributed by atoms with Gasteiger partial charge in [-0.2, -0.15) is 0 Å². The van der Waals surface area contributed by atoms with E-state index in [0.717, 1.165) is 12.8 Å². The molecule has 16 heavy (non-hydrogen) atoms. The monoisotopic (exact) mass is 227 g/mol. The zero-order valence-corrected chi connectivity index (χ0v) is 9.15. The molecule has 3 amide bonds. The SMILES string of the molecule is NC(=O)N[C@H]1CCN(C(=O)[C@H]2CCOC2)C1. The van der Waals surface area contributed by atoms with E-state index in [4.69, 9.17) is 10.5 Å². The highest BCUT2D eigenvalue weighted by Gasteiger charge is 2.32. The highest BCUT2D eigenvalue weighted by molar-refractivity contribution is 5.79. The molecule has 0 aromatic heterocycles. The number of primary amides is 1. The summed E-state index contributed by atoms with van der Waals surface area (Å²) < 4.78 is 5.19. The van der Waals surface area contributed by atoms with Gasteiger partial charge < -0.3 is 20.7 Å². The molecule has 6 nitrogen and oxygen atoms in total. The van der Waals surface area contributed by atoms with Crippen LogP contribution in [0, 0.1) is 5.92 Å². The molecule has 0 spiro atoms. The minimum atomic E-state index is -0.525. The lowest BCUT2D eigenvalue weighted by Crippen LogP contribution is -2.42. The molecule has 3 N–H and O–H groups in total. The Kier molecular flexibility index (Phi) is 3.28. The van der Waals surface area contributed by atoms with E-state index in [2.05, 4.69) is 5.32 Å². The second kappa shape index (κ2) is 4.69. The Bertz CT molecular complexity index is 289. The summed E-state index contributed by atoms with van der Waals surface area (Å²) in [7, 11) is 0. The number of carbonyl (C=O) groups is 2. The van der Waals surface area contributed by atoms with Crippen LogP contribution in [-0.4, -0.2) is 49.2 Å². The number of rotatable bonds is 2. The van der Waals surface area contributed by atoms with E-state index in [0.29, 0.717) is 26.3 Å². The normalized spacial score (nSPS) is 29.4. The summed E-state index contributed by atoms with van der Waals surface area (Å²) in [5.74, 6) is 0.151. The minimum Gasteiger partial charge on any atom is -0.381 e. The molecule has 2 saturated heterocycles. The third kappa shape index (κ3) is 2.44. The van der Waals surface area contributed by atoms with Crippen LogP contribution in [0.15, 0.2) is 0 Å². The standard InChI is InChI=1S/C10H17N3O3/c11-10(15)12-8-1-3-13(5-8)9(14)7-2-4-16-6-7/h7-8H,1-6H2,(H3,11,12,15)/t7-,8-/m0/s1. The summed E-state index contributed by atoms with van der Waals surface area (Å²) in [6.07, 6.45) is 1.59. The van der Waals surface area contributed by atoms with Crippen LogP contribution in [-0.2, 0) is 9.53 Å². The molecule has 0 unspecified atom stereocenters. The van der Waals surface area contributed by atoms with Gasteiger partial charge in [-0.25, -0.2) is 4.79 Å². The Hall–Kier alpha value is -1.30. The Morgan fingerprint density at radius 3 is 2.81 bits per heavy atom. The molecule has 0 aromatic carbocycles. The largest absolute Gasteiger partial charge is 0.381 e. The maximum Gasteiger partial charge on any atom is 0.312 e. The van der Waals surface area contributed by atoms with Crippen LogP contribution >= 0.6 is 0 Å². The van der Waals surface area contributed by atoms with Crippen molar-refractivity contribution in [1.29, 1.82) is 0 Å². The van der Waals surface area contributed by atoms with Crippen LogP contribution in [0.1, 0.15) is 12.8 Å². The van der Waals surface area contributed by atoms with Gasteiger partial charge in [-0.3, -0.25) is 4.79 Å². The lowest BCUT2D eigenvalue weighted by molar-refractivity contribution is -0.134. The van der Waals surface area contributed by atoms with E-state index in [9.17, 15) is 9.59 Å². The second-order valence-electron chi connectivity index (χ2n) is 4.34. The quantitative estimate of drug-likeness (QED) is 0.653. The average molecular weight is 227 g/mol. The first-order valence-corrected chi connectivity index (χ1v) is 5.59. The molecule has 6 heteroatoms. The fraction of sp³-hybridized carbons (Fsp3) is 0.800. The second-order valence-corrected chi connectivity index (χ2v) is 4.34. The van der Waals surface area contributed by atoms with Gasteiger partial charge in [-0.05, 0) is 12.8 Å². The number of hydrogen-bond donors (Lipinski definition) is 2. The number of nitrogens with two attached hydrogens (primary N) is 1. The Morgan fingerprint density at radius 1 is 1.38 bits per heavy atom. The van der Waals surface area contributed by atoms with E-state index in [1.807, 2.05) is 0 Å². The van der Waals surface area contributed by atoms with E-state index in [-0.39, 0.29) is 17.9 Å². The molecule has 0 saturated carbocycles. The first-order chi connectivity index (χ1) is 7.66. The zero-order valence-electron chi connectivity index (χ0n) is 9.15. The van der Waals surface area contributed by atoms with Crippen LogP contribution in [0.5, 0.6) is 0 Å². The summed E-state index contributed by atoms with van der Waals surface area (Å²) in [5.41, 5.74) is 5.04. The van der Waals surface area contributed by atoms with Crippen LogP contribution in [0.25, 0.3) is 0 Å². The lowest BCUT2D eigenvalue weighted by Gasteiger charge is -2.19. The van der Waals surface area contributed by atoms with Gasteiger partial charge in [0.15, 0.2) is 0 Å². The fourth-order valence-corrected chi connectivity index (χ4v) is 2.27. The molecule has 0 aliphatic carbocycles. The highest BCUT2D eigenvalue weighted by atomic mass is 16.5. The van der Waals surface area contributed by atoms with Gasteiger partial charge in [0.05, 0.1) is 12.5 Å². The molecule has 2 fully saturated rings. The number of hydrogen-bond acceptors (Lipinski definition) is 3. The van der Waals surface area contributed by atoms with Gasteiger partial charge in [-0.15, -0.1) is 0 Å². The van der Waals surface area contributed by atoms with Crippen molar-refractivity contribution in [2.45, 2.75) is 18.9 Å².